The van der Waals surface area contributed by atoms with E-state index in [4.69, 9.17) is 14.1 Å². The highest BCUT2D eigenvalue weighted by molar-refractivity contribution is 6.01. The van der Waals surface area contributed by atoms with Crippen LogP contribution in [-0.4, -0.2) is 60.0 Å². The van der Waals surface area contributed by atoms with Crippen molar-refractivity contribution in [1.82, 2.24) is 10.1 Å². The van der Waals surface area contributed by atoms with E-state index in [0.717, 1.165) is 23.3 Å². The maximum atomic E-state index is 12.1. The molecule has 0 bridgehead atoms. The molecule has 0 radical (unpaired) electrons. The summed E-state index contributed by atoms with van der Waals surface area (Å²) < 4.78 is 9.58. The lowest BCUT2D eigenvalue weighted by atomic mass is 9.96. The summed E-state index contributed by atoms with van der Waals surface area (Å²) in [5.74, 6) is 0.0537. The van der Waals surface area contributed by atoms with Crippen molar-refractivity contribution >= 4 is 29.0 Å². The van der Waals surface area contributed by atoms with Gasteiger partial charge in [0.25, 0.3) is 5.91 Å². The van der Waals surface area contributed by atoms with Crippen molar-refractivity contribution in [3.8, 4) is 0 Å². The zero-order valence-electron chi connectivity index (χ0n) is 17.2. The first-order valence-electron chi connectivity index (χ1n) is 10.2. The van der Waals surface area contributed by atoms with Gasteiger partial charge in [0, 0.05) is 32.5 Å². The van der Waals surface area contributed by atoms with Gasteiger partial charge in [-0.05, 0) is 23.1 Å². The fourth-order valence-corrected chi connectivity index (χ4v) is 3.52. The van der Waals surface area contributed by atoms with Crippen molar-refractivity contribution in [2.75, 3.05) is 31.6 Å². The first kappa shape index (κ1) is 20.6. The first-order valence-corrected chi connectivity index (χ1v) is 10.2. The Morgan fingerprint density at radius 1 is 1.23 bits per heavy atom. The third-order valence-corrected chi connectivity index (χ3v) is 5.23. The molecule has 31 heavy (non-hydrogen) atoms. The first-order chi connectivity index (χ1) is 15.1. The van der Waals surface area contributed by atoms with Crippen molar-refractivity contribution in [2.45, 2.75) is 25.9 Å². The predicted molar refractivity (Wildman–Crippen MR) is 113 cm³/mol. The van der Waals surface area contributed by atoms with Gasteiger partial charge in [0.05, 0.1) is 12.3 Å². The van der Waals surface area contributed by atoms with Gasteiger partial charge < -0.3 is 24.3 Å². The van der Waals surface area contributed by atoms with Gasteiger partial charge in [-0.15, -0.1) is 0 Å². The van der Waals surface area contributed by atoms with Gasteiger partial charge in [-0.1, -0.05) is 40.7 Å². The fraction of sp³-hybridized carbons (Fsp3) is 0.364. The summed E-state index contributed by atoms with van der Waals surface area (Å²) in [4.78, 5) is 30.1. The summed E-state index contributed by atoms with van der Waals surface area (Å²) in [5.41, 5.74) is 4.27. The van der Waals surface area contributed by atoms with Gasteiger partial charge in [-0.3, -0.25) is 9.59 Å². The van der Waals surface area contributed by atoms with Crippen LogP contribution in [0.15, 0.2) is 52.3 Å². The minimum absolute atomic E-state index is 0.0528. The lowest BCUT2D eigenvalue weighted by molar-refractivity contribution is -0.150. The largest absolute Gasteiger partial charge is 0.456 e. The van der Waals surface area contributed by atoms with Gasteiger partial charge in [0.2, 0.25) is 0 Å². The number of rotatable bonds is 7. The molecule has 0 saturated carbocycles. The van der Waals surface area contributed by atoms with Crippen molar-refractivity contribution in [1.29, 1.82) is 0 Å². The number of amides is 1. The minimum Gasteiger partial charge on any atom is -0.456 e. The summed E-state index contributed by atoms with van der Waals surface area (Å²) >= 11 is 0. The molecule has 9 heteroatoms. The number of esters is 1. The van der Waals surface area contributed by atoms with Crippen LogP contribution >= 0.6 is 0 Å². The smallest absolute Gasteiger partial charge is 0.303 e. The quantitative estimate of drug-likeness (QED) is 0.681. The summed E-state index contributed by atoms with van der Waals surface area (Å²) in [5, 5.41) is 11.2. The van der Waals surface area contributed by atoms with E-state index < -0.39 is 5.97 Å². The van der Waals surface area contributed by atoms with Crippen LogP contribution in [0.2, 0.25) is 0 Å². The van der Waals surface area contributed by atoms with Crippen LogP contribution in [0.5, 0.6) is 0 Å². The molecule has 4 rings (SSSR count). The molecule has 2 aliphatic heterocycles. The van der Waals surface area contributed by atoms with Crippen LogP contribution in [0.25, 0.3) is 5.57 Å². The molecule has 162 valence electrons. The highest BCUT2D eigenvalue weighted by Crippen LogP contribution is 2.24. The monoisotopic (exact) mass is 424 g/mol. The highest BCUT2D eigenvalue weighted by Gasteiger charge is 2.23. The predicted octanol–water partition coefficient (Wildman–Crippen LogP) is 2.46. The van der Waals surface area contributed by atoms with Gasteiger partial charge in [-0.2, -0.15) is 0 Å². The SMILES string of the molecule is CC(=O)OCC(=O)N1CC=C(c2ccc(C3=NOC(CNc4ccon4)C3)cc2)CC1. The van der Waals surface area contributed by atoms with Crippen LogP contribution in [-0.2, 0) is 19.2 Å². The molecule has 9 nitrogen and oxygen atoms in total. The average Bonchev–Trinajstić information content (AvgIpc) is 3.48. The second-order valence-corrected chi connectivity index (χ2v) is 7.41. The van der Waals surface area contributed by atoms with E-state index in [1.165, 1.54) is 18.8 Å². The Labute approximate surface area is 179 Å². The standard InChI is InChI=1S/C22H24N4O5/c1-15(27)29-14-22(28)26-9-6-17(7-10-26)16-2-4-18(5-3-16)20-12-19(31-24-20)13-23-21-8-11-30-25-21/h2-6,8,11,19H,7,9-10,12-14H2,1H3,(H,23,25). The third kappa shape index (κ3) is 5.30. The summed E-state index contributed by atoms with van der Waals surface area (Å²) in [6.45, 7) is 2.81. The molecular weight excluding hydrogens is 400 g/mol. The van der Waals surface area contributed by atoms with E-state index in [9.17, 15) is 9.59 Å². The van der Waals surface area contributed by atoms with E-state index in [2.05, 4.69) is 27.8 Å². The van der Waals surface area contributed by atoms with E-state index in [0.29, 0.717) is 31.9 Å². The van der Waals surface area contributed by atoms with Gasteiger partial charge in [0.1, 0.15) is 12.4 Å². The lowest BCUT2D eigenvalue weighted by Gasteiger charge is -2.26. The number of aromatic nitrogens is 1. The van der Waals surface area contributed by atoms with Gasteiger partial charge >= 0.3 is 5.97 Å². The Morgan fingerprint density at radius 3 is 2.71 bits per heavy atom. The molecule has 1 aromatic carbocycles. The van der Waals surface area contributed by atoms with Crippen molar-refractivity contribution in [3.05, 3.63) is 53.8 Å². The van der Waals surface area contributed by atoms with Gasteiger partial charge in [0.15, 0.2) is 12.4 Å². The van der Waals surface area contributed by atoms with E-state index in [1.54, 1.807) is 11.0 Å². The number of benzene rings is 1. The molecule has 0 spiro atoms. The normalized spacial score (nSPS) is 18.1. The summed E-state index contributed by atoms with van der Waals surface area (Å²) in [6.07, 6.45) is 4.98. The van der Waals surface area contributed by atoms with Crippen LogP contribution in [0, 0.1) is 0 Å². The number of nitrogens with zero attached hydrogens (tertiary/aromatic N) is 3. The number of carbonyl (C=O) groups is 2. The molecule has 2 aliphatic rings. The molecule has 1 atom stereocenters. The zero-order valence-corrected chi connectivity index (χ0v) is 17.2. The zero-order chi connectivity index (χ0) is 21.6. The topological polar surface area (TPSA) is 106 Å². The fourth-order valence-electron chi connectivity index (χ4n) is 3.52. The Hall–Kier alpha value is -3.62. The number of nitrogens with one attached hydrogen (secondary N) is 1. The minimum atomic E-state index is -0.448. The second kappa shape index (κ2) is 9.46. The van der Waals surface area contributed by atoms with Crippen LogP contribution in [0.4, 0.5) is 5.82 Å². The number of carbonyl (C=O) groups excluding carboxylic acids is 2. The Balaban J connectivity index is 1.28. The molecule has 1 N–H and O–H groups in total. The molecule has 2 aromatic rings. The molecule has 1 amide bonds. The maximum Gasteiger partial charge on any atom is 0.303 e. The molecular formula is C22H24N4O5. The lowest BCUT2D eigenvalue weighted by Crippen LogP contribution is -2.37. The number of ether oxygens (including phenoxy) is 1. The van der Waals surface area contributed by atoms with E-state index >= 15 is 0 Å². The Kier molecular flexibility index (Phi) is 6.30. The van der Waals surface area contributed by atoms with Crippen molar-refractivity contribution in [2.24, 2.45) is 5.16 Å². The number of oxime groups is 1. The Bertz CT molecular complexity index is 982. The number of anilines is 1. The maximum absolute atomic E-state index is 12.1. The molecule has 3 heterocycles. The van der Waals surface area contributed by atoms with E-state index in [1.807, 2.05) is 18.2 Å². The third-order valence-electron chi connectivity index (χ3n) is 5.23. The van der Waals surface area contributed by atoms with Crippen molar-refractivity contribution in [3.63, 3.8) is 0 Å². The number of hydrogen-bond acceptors (Lipinski definition) is 8. The summed E-state index contributed by atoms with van der Waals surface area (Å²) in [6, 6.07) is 9.99. The second-order valence-electron chi connectivity index (χ2n) is 7.41. The summed E-state index contributed by atoms with van der Waals surface area (Å²) in [7, 11) is 0. The number of hydrogen-bond donors (Lipinski definition) is 1. The molecule has 1 aromatic heterocycles. The van der Waals surface area contributed by atoms with Crippen LogP contribution in [0.1, 0.15) is 30.9 Å². The molecule has 0 fully saturated rings. The molecule has 0 saturated heterocycles. The van der Waals surface area contributed by atoms with Crippen LogP contribution < -0.4 is 5.32 Å². The molecule has 0 aliphatic carbocycles. The van der Waals surface area contributed by atoms with Gasteiger partial charge in [-0.25, -0.2) is 0 Å². The average molecular weight is 424 g/mol. The van der Waals surface area contributed by atoms with Crippen molar-refractivity contribution < 1.29 is 23.7 Å². The van der Waals surface area contributed by atoms with E-state index in [-0.39, 0.29) is 18.6 Å². The van der Waals surface area contributed by atoms with Crippen LogP contribution in [0.3, 0.4) is 0 Å². The highest BCUT2D eigenvalue weighted by atomic mass is 16.6. The Morgan fingerprint density at radius 2 is 2.03 bits per heavy atom. The molecule has 1 unspecified atom stereocenters.